The Bertz CT molecular complexity index is 575. The van der Waals surface area contributed by atoms with E-state index in [-0.39, 0.29) is 30.5 Å². The summed E-state index contributed by atoms with van der Waals surface area (Å²) in [4.78, 5) is 27.3. The maximum atomic E-state index is 12.6. The van der Waals surface area contributed by atoms with Crippen LogP contribution in [0.5, 0.6) is 0 Å². The van der Waals surface area contributed by atoms with Crippen molar-refractivity contribution in [3.8, 4) is 0 Å². The fourth-order valence-corrected chi connectivity index (χ4v) is 2.40. The predicted molar refractivity (Wildman–Crippen MR) is 76.4 cm³/mol. The summed E-state index contributed by atoms with van der Waals surface area (Å²) in [5.41, 5.74) is -0.505. The normalized spacial score (nSPS) is 18.9. The second kappa shape index (κ2) is 7.43. The summed E-state index contributed by atoms with van der Waals surface area (Å²) in [5.74, 6) is -0.463. The number of aromatic nitrogens is 1. The highest BCUT2D eigenvalue weighted by atomic mass is 19.4. The van der Waals surface area contributed by atoms with Gasteiger partial charge in [-0.15, -0.1) is 0 Å². The lowest BCUT2D eigenvalue weighted by atomic mass is 10.1. The molecule has 5 nitrogen and oxygen atoms in total. The summed E-state index contributed by atoms with van der Waals surface area (Å²) >= 11 is 0. The van der Waals surface area contributed by atoms with Gasteiger partial charge in [-0.25, -0.2) is 0 Å². The molecule has 1 fully saturated rings. The molecule has 1 aliphatic rings. The molecule has 1 aliphatic heterocycles. The molecule has 0 bridgehead atoms. The van der Waals surface area contributed by atoms with Crippen LogP contribution in [0.3, 0.4) is 0 Å². The number of nitrogens with zero attached hydrogens (tertiary/aromatic N) is 1. The smallest absolute Gasteiger partial charge is 0.354 e. The third-order valence-corrected chi connectivity index (χ3v) is 3.62. The topological polar surface area (TPSA) is 71.1 Å². The van der Waals surface area contributed by atoms with Gasteiger partial charge in [0.1, 0.15) is 6.04 Å². The highest BCUT2D eigenvalue weighted by molar-refractivity contribution is 5.87. The van der Waals surface area contributed by atoms with Crippen molar-refractivity contribution in [3.63, 3.8) is 0 Å². The molecule has 1 unspecified atom stereocenters. The van der Waals surface area contributed by atoms with Crippen LogP contribution in [0.2, 0.25) is 0 Å². The highest BCUT2D eigenvalue weighted by Crippen LogP contribution is 2.28. The molecule has 2 amide bonds. The monoisotopic (exact) mass is 329 g/mol. The molecule has 1 aromatic heterocycles. The van der Waals surface area contributed by atoms with E-state index in [2.05, 4.69) is 15.6 Å². The molecule has 2 heterocycles. The Labute approximate surface area is 131 Å². The SMILES string of the molecule is O=C1CCCCC(C(=O)NCCc2cc(C(F)(F)F)ccn2)N1. The lowest BCUT2D eigenvalue weighted by Crippen LogP contribution is -2.46. The standard InChI is InChI=1S/C15H18F3N3O2/c16-15(17,18)10-5-7-19-11(9-10)6-8-20-14(23)12-3-1-2-4-13(22)21-12/h5,7,9,12H,1-4,6,8H2,(H,20,23)(H,21,22). The van der Waals surface area contributed by atoms with Gasteiger partial charge in [0.25, 0.3) is 0 Å². The summed E-state index contributed by atoms with van der Waals surface area (Å²) in [6, 6.07) is 1.31. The summed E-state index contributed by atoms with van der Waals surface area (Å²) in [6.45, 7) is 0.166. The van der Waals surface area contributed by atoms with Crippen molar-refractivity contribution in [2.24, 2.45) is 0 Å². The van der Waals surface area contributed by atoms with E-state index in [4.69, 9.17) is 0 Å². The first-order valence-corrected chi connectivity index (χ1v) is 7.45. The average Bonchev–Trinajstić information content (AvgIpc) is 2.71. The van der Waals surface area contributed by atoms with Crippen LogP contribution < -0.4 is 10.6 Å². The Kier molecular flexibility index (Phi) is 5.57. The molecule has 2 rings (SSSR count). The van der Waals surface area contributed by atoms with Crippen molar-refractivity contribution in [2.45, 2.75) is 44.3 Å². The summed E-state index contributed by atoms with van der Waals surface area (Å²) in [5, 5.41) is 5.27. The van der Waals surface area contributed by atoms with Crippen LogP contribution in [0.4, 0.5) is 13.2 Å². The van der Waals surface area contributed by atoms with E-state index >= 15 is 0 Å². The van der Waals surface area contributed by atoms with Crippen molar-refractivity contribution in [1.29, 1.82) is 0 Å². The van der Waals surface area contributed by atoms with Crippen molar-refractivity contribution in [1.82, 2.24) is 15.6 Å². The van der Waals surface area contributed by atoms with Gasteiger partial charge >= 0.3 is 6.18 Å². The molecule has 1 saturated heterocycles. The fraction of sp³-hybridized carbons (Fsp3) is 0.533. The van der Waals surface area contributed by atoms with Gasteiger partial charge in [-0.3, -0.25) is 14.6 Å². The van der Waals surface area contributed by atoms with Crippen LogP contribution in [0.1, 0.15) is 36.9 Å². The molecule has 0 saturated carbocycles. The van der Waals surface area contributed by atoms with Gasteiger partial charge in [0.15, 0.2) is 0 Å². The number of nitrogens with one attached hydrogen (secondary N) is 2. The molecular weight excluding hydrogens is 311 g/mol. The molecule has 2 N–H and O–H groups in total. The molecule has 126 valence electrons. The van der Waals surface area contributed by atoms with E-state index < -0.39 is 17.8 Å². The third-order valence-electron chi connectivity index (χ3n) is 3.62. The number of carbonyl (C=O) groups is 2. The number of halogens is 3. The lowest BCUT2D eigenvalue weighted by molar-refractivity contribution is -0.137. The van der Waals surface area contributed by atoms with Crippen molar-refractivity contribution in [3.05, 3.63) is 29.6 Å². The molecule has 23 heavy (non-hydrogen) atoms. The number of carbonyl (C=O) groups excluding carboxylic acids is 2. The molecular formula is C15H18F3N3O2. The molecule has 0 radical (unpaired) electrons. The number of hydrogen-bond donors (Lipinski definition) is 2. The Morgan fingerprint density at radius 2 is 2.17 bits per heavy atom. The lowest BCUT2D eigenvalue weighted by Gasteiger charge is -2.15. The van der Waals surface area contributed by atoms with E-state index in [1.807, 2.05) is 0 Å². The first-order chi connectivity index (χ1) is 10.9. The Balaban J connectivity index is 1.84. The third kappa shape index (κ3) is 5.22. The second-order valence-corrected chi connectivity index (χ2v) is 5.44. The van der Waals surface area contributed by atoms with Gasteiger partial charge in [0.05, 0.1) is 5.56 Å². The first-order valence-electron chi connectivity index (χ1n) is 7.45. The second-order valence-electron chi connectivity index (χ2n) is 5.44. The maximum absolute atomic E-state index is 12.6. The van der Waals surface area contributed by atoms with Crippen molar-refractivity contribution in [2.75, 3.05) is 6.54 Å². The van der Waals surface area contributed by atoms with Crippen molar-refractivity contribution < 1.29 is 22.8 Å². The summed E-state index contributed by atoms with van der Waals surface area (Å²) in [6.07, 6.45) is -0.597. The van der Waals surface area contributed by atoms with E-state index in [9.17, 15) is 22.8 Å². The van der Waals surface area contributed by atoms with Crippen LogP contribution >= 0.6 is 0 Å². The Morgan fingerprint density at radius 3 is 2.91 bits per heavy atom. The minimum atomic E-state index is -4.41. The first kappa shape index (κ1) is 17.2. The number of hydrogen-bond acceptors (Lipinski definition) is 3. The van der Waals surface area contributed by atoms with Gasteiger partial charge in [-0.05, 0) is 25.0 Å². The molecule has 8 heteroatoms. The van der Waals surface area contributed by atoms with Gasteiger partial charge in [-0.2, -0.15) is 13.2 Å². The summed E-state index contributed by atoms with van der Waals surface area (Å²) in [7, 11) is 0. The zero-order chi connectivity index (χ0) is 16.9. The van der Waals surface area contributed by atoms with E-state index in [0.717, 1.165) is 31.2 Å². The van der Waals surface area contributed by atoms with E-state index in [1.54, 1.807) is 0 Å². The minimum Gasteiger partial charge on any atom is -0.354 e. The largest absolute Gasteiger partial charge is 0.416 e. The molecule has 1 aromatic rings. The maximum Gasteiger partial charge on any atom is 0.416 e. The molecule has 1 atom stereocenters. The fourth-order valence-electron chi connectivity index (χ4n) is 2.40. The van der Waals surface area contributed by atoms with Gasteiger partial charge in [-0.1, -0.05) is 6.42 Å². The van der Waals surface area contributed by atoms with Crippen LogP contribution in [0.15, 0.2) is 18.3 Å². The van der Waals surface area contributed by atoms with E-state index in [1.165, 1.54) is 0 Å². The van der Waals surface area contributed by atoms with Gasteiger partial charge in [0.2, 0.25) is 11.8 Å². The number of alkyl halides is 3. The zero-order valence-electron chi connectivity index (χ0n) is 12.4. The number of rotatable bonds is 4. The quantitative estimate of drug-likeness (QED) is 0.885. The number of amides is 2. The average molecular weight is 329 g/mol. The predicted octanol–water partition coefficient (Wildman–Crippen LogP) is 1.82. The zero-order valence-corrected chi connectivity index (χ0v) is 12.4. The van der Waals surface area contributed by atoms with Gasteiger partial charge in [0, 0.05) is 31.3 Å². The van der Waals surface area contributed by atoms with Crippen LogP contribution in [0.25, 0.3) is 0 Å². The Morgan fingerprint density at radius 1 is 1.39 bits per heavy atom. The highest BCUT2D eigenvalue weighted by Gasteiger charge is 2.30. The Hall–Kier alpha value is -2.12. The van der Waals surface area contributed by atoms with Crippen LogP contribution in [-0.4, -0.2) is 29.4 Å². The van der Waals surface area contributed by atoms with Crippen LogP contribution in [-0.2, 0) is 22.2 Å². The molecule has 0 aromatic carbocycles. The van der Waals surface area contributed by atoms with Gasteiger partial charge < -0.3 is 10.6 Å². The summed E-state index contributed by atoms with van der Waals surface area (Å²) < 4.78 is 37.8. The molecule has 0 aliphatic carbocycles. The van der Waals surface area contributed by atoms with Crippen molar-refractivity contribution >= 4 is 11.8 Å². The number of pyridine rings is 1. The minimum absolute atomic E-state index is 0.151. The van der Waals surface area contributed by atoms with E-state index in [0.29, 0.717) is 12.8 Å². The molecule has 0 spiro atoms. The van der Waals surface area contributed by atoms with Crippen LogP contribution in [0, 0.1) is 0 Å².